The van der Waals surface area contributed by atoms with E-state index in [1.165, 1.54) is 0 Å². The van der Waals surface area contributed by atoms with E-state index in [-0.39, 0.29) is 29.1 Å². The molecule has 1 fully saturated rings. The summed E-state index contributed by atoms with van der Waals surface area (Å²) in [5.74, 6) is 1.58. The van der Waals surface area contributed by atoms with Crippen molar-refractivity contribution in [2.24, 2.45) is 5.92 Å². The lowest BCUT2D eigenvalue weighted by atomic mass is 9.75. The van der Waals surface area contributed by atoms with Gasteiger partial charge in [0.05, 0.1) is 17.6 Å². The molecule has 0 saturated carbocycles. The molecule has 1 aliphatic heterocycles. The molecule has 44 heavy (non-hydrogen) atoms. The first-order chi connectivity index (χ1) is 21.2. The third-order valence-electron chi connectivity index (χ3n) is 8.73. The number of aromatic nitrogens is 2. The van der Waals surface area contributed by atoms with Gasteiger partial charge in [-0.2, -0.15) is 5.10 Å². The molecule has 228 valence electrons. The van der Waals surface area contributed by atoms with Crippen molar-refractivity contribution in [2.45, 2.75) is 64.7 Å². The monoisotopic (exact) mass is 591 g/mol. The highest BCUT2D eigenvalue weighted by Crippen LogP contribution is 2.37. The fourth-order valence-corrected chi connectivity index (χ4v) is 6.16. The molecule has 1 saturated heterocycles. The van der Waals surface area contributed by atoms with Gasteiger partial charge in [-0.3, -0.25) is 10.1 Å². The number of hydrogen-bond donors (Lipinski definition) is 3. The first-order valence-corrected chi connectivity index (χ1v) is 15.5. The van der Waals surface area contributed by atoms with E-state index in [2.05, 4.69) is 36.7 Å². The number of nitrogens with one attached hydrogen (secondary N) is 3. The normalized spacial score (nSPS) is 16.1. The molecule has 2 aromatic carbocycles. The van der Waals surface area contributed by atoms with Crippen LogP contribution in [-0.4, -0.2) is 34.7 Å². The highest BCUT2D eigenvalue weighted by atomic mass is 16.3. The van der Waals surface area contributed by atoms with E-state index < -0.39 is 0 Å². The molecule has 4 aromatic rings. The van der Waals surface area contributed by atoms with Crippen molar-refractivity contribution in [3.05, 3.63) is 101 Å². The summed E-state index contributed by atoms with van der Waals surface area (Å²) in [4.78, 5) is 27.2. The molecule has 0 bridgehead atoms. The van der Waals surface area contributed by atoms with Crippen LogP contribution in [0.1, 0.15) is 74.1 Å². The molecule has 2 aromatic heterocycles. The molecule has 3 N–H and O–H groups in total. The lowest BCUT2D eigenvalue weighted by Gasteiger charge is -2.31. The number of nitrogens with zero attached hydrogens (tertiary/aromatic N) is 2. The standard InChI is InChI=1S/C36H41N5O3/c1-23-5-13-29(14-6-23)41-32(22-31(40-41)36(2,3)4)39-35(43)38-28-11-9-25(10-12-28)33(26-15-18-37-19-16-26)34(42)27-8-7-24-17-20-44-30(24)21-27/h5-6,9-14,17,20-22,26,33,37H,7-8,15-16,18-19H2,1-4H3,(H2,38,39,43). The molecule has 1 atom stereocenters. The summed E-state index contributed by atoms with van der Waals surface area (Å²) in [7, 11) is 0. The lowest BCUT2D eigenvalue weighted by molar-refractivity contribution is -0.118. The van der Waals surface area contributed by atoms with Gasteiger partial charge in [0.2, 0.25) is 0 Å². The zero-order valence-electron chi connectivity index (χ0n) is 25.9. The SMILES string of the molecule is Cc1ccc(-n2nc(C(C)(C)C)cc2NC(=O)Nc2ccc(C(C(=O)C3=Cc4occc4CC3)C3CCNCC3)cc2)cc1. The maximum atomic E-state index is 14.0. The zero-order valence-corrected chi connectivity index (χ0v) is 25.9. The van der Waals surface area contributed by atoms with Gasteiger partial charge in [-0.25, -0.2) is 9.48 Å². The fraction of sp³-hybridized carbons (Fsp3) is 0.361. The molecule has 8 nitrogen and oxygen atoms in total. The first-order valence-electron chi connectivity index (χ1n) is 15.5. The highest BCUT2D eigenvalue weighted by Gasteiger charge is 2.33. The van der Waals surface area contributed by atoms with E-state index in [0.29, 0.717) is 11.5 Å². The van der Waals surface area contributed by atoms with Gasteiger partial charge in [-0.05, 0) is 105 Å². The number of carbonyl (C=O) groups excluding carboxylic acids is 2. The summed E-state index contributed by atoms with van der Waals surface area (Å²) < 4.78 is 7.39. The lowest BCUT2D eigenvalue weighted by Crippen LogP contribution is -2.34. The van der Waals surface area contributed by atoms with Crippen LogP contribution in [0.5, 0.6) is 0 Å². The van der Waals surface area contributed by atoms with Crippen LogP contribution in [0, 0.1) is 12.8 Å². The number of benzene rings is 2. The van der Waals surface area contributed by atoms with Gasteiger partial charge in [0.15, 0.2) is 5.78 Å². The number of Topliss-reactive ketones (excluding diaryl/α,β-unsaturated/α-hetero) is 1. The fourth-order valence-electron chi connectivity index (χ4n) is 6.16. The number of anilines is 2. The Bertz CT molecular complexity index is 1670. The minimum atomic E-state index is -0.362. The molecular formula is C36H41N5O3. The summed E-state index contributed by atoms with van der Waals surface area (Å²) >= 11 is 0. The number of urea groups is 1. The van der Waals surface area contributed by atoms with Crippen molar-refractivity contribution in [3.8, 4) is 5.69 Å². The molecule has 3 heterocycles. The molecule has 8 heteroatoms. The second-order valence-corrected chi connectivity index (χ2v) is 13.0. The number of ketones is 1. The number of fused-ring (bicyclic) bond motifs is 1. The predicted molar refractivity (Wildman–Crippen MR) is 174 cm³/mol. The smallest absolute Gasteiger partial charge is 0.324 e. The highest BCUT2D eigenvalue weighted by molar-refractivity contribution is 6.04. The van der Waals surface area contributed by atoms with E-state index >= 15 is 0 Å². The Balaban J connectivity index is 1.20. The number of amides is 2. The molecule has 2 amide bonds. The summed E-state index contributed by atoms with van der Waals surface area (Å²) in [6.45, 7) is 10.2. The van der Waals surface area contributed by atoms with E-state index in [1.54, 1.807) is 10.9 Å². The van der Waals surface area contributed by atoms with Crippen LogP contribution < -0.4 is 16.0 Å². The summed E-state index contributed by atoms with van der Waals surface area (Å²) in [5, 5.41) is 14.2. The van der Waals surface area contributed by atoms with Crippen LogP contribution in [0.25, 0.3) is 11.8 Å². The molecule has 6 rings (SSSR count). The maximum Gasteiger partial charge on any atom is 0.324 e. The minimum Gasteiger partial charge on any atom is -0.465 e. The van der Waals surface area contributed by atoms with Gasteiger partial charge in [0.25, 0.3) is 0 Å². The molecule has 0 radical (unpaired) electrons. The number of carbonyl (C=O) groups is 2. The van der Waals surface area contributed by atoms with Crippen LogP contribution in [0.3, 0.4) is 0 Å². The number of allylic oxidation sites excluding steroid dienone is 1. The van der Waals surface area contributed by atoms with Crippen molar-refractivity contribution >= 4 is 29.4 Å². The molecular weight excluding hydrogens is 550 g/mol. The Kier molecular flexibility index (Phi) is 8.27. The summed E-state index contributed by atoms with van der Waals surface area (Å²) in [6.07, 6.45) is 7.07. The van der Waals surface area contributed by atoms with E-state index in [1.807, 2.05) is 73.7 Å². The van der Waals surface area contributed by atoms with E-state index in [4.69, 9.17) is 9.52 Å². The molecule has 0 spiro atoms. The average Bonchev–Trinajstić information content (AvgIpc) is 3.66. The summed E-state index contributed by atoms with van der Waals surface area (Å²) in [6, 6.07) is 19.3. The second-order valence-electron chi connectivity index (χ2n) is 13.0. The van der Waals surface area contributed by atoms with Gasteiger partial charge in [0.1, 0.15) is 11.6 Å². The topological polar surface area (TPSA) is 101 Å². The van der Waals surface area contributed by atoms with Crippen LogP contribution in [-0.2, 0) is 16.6 Å². The Morgan fingerprint density at radius 2 is 1.70 bits per heavy atom. The van der Waals surface area contributed by atoms with Crippen molar-refractivity contribution in [3.63, 3.8) is 0 Å². The molecule has 1 aliphatic carbocycles. The number of rotatable bonds is 7. The van der Waals surface area contributed by atoms with Crippen LogP contribution in [0.4, 0.5) is 16.3 Å². The van der Waals surface area contributed by atoms with Crippen LogP contribution in [0.2, 0.25) is 0 Å². The third kappa shape index (κ3) is 6.40. The third-order valence-corrected chi connectivity index (χ3v) is 8.73. The number of furan rings is 1. The number of aryl methyl sites for hydroxylation is 2. The van der Waals surface area contributed by atoms with Gasteiger partial charge < -0.3 is 15.1 Å². The van der Waals surface area contributed by atoms with Gasteiger partial charge in [-0.15, -0.1) is 0 Å². The Labute approximate surface area is 258 Å². The Hall–Kier alpha value is -4.43. The number of piperidine rings is 1. The zero-order chi connectivity index (χ0) is 30.8. The van der Waals surface area contributed by atoms with Crippen molar-refractivity contribution in [1.29, 1.82) is 0 Å². The van der Waals surface area contributed by atoms with Crippen molar-refractivity contribution in [1.82, 2.24) is 15.1 Å². The Morgan fingerprint density at radius 3 is 2.41 bits per heavy atom. The Morgan fingerprint density at radius 1 is 0.977 bits per heavy atom. The van der Waals surface area contributed by atoms with Crippen molar-refractivity contribution in [2.75, 3.05) is 23.7 Å². The largest absolute Gasteiger partial charge is 0.465 e. The molecule has 2 aliphatic rings. The van der Waals surface area contributed by atoms with Crippen molar-refractivity contribution < 1.29 is 14.0 Å². The maximum absolute atomic E-state index is 14.0. The quantitative estimate of drug-likeness (QED) is 0.208. The molecule has 1 unspecified atom stereocenters. The first kappa shape index (κ1) is 29.6. The van der Waals surface area contributed by atoms with Gasteiger partial charge in [0, 0.05) is 23.1 Å². The number of hydrogen-bond acceptors (Lipinski definition) is 5. The van der Waals surface area contributed by atoms with Gasteiger partial charge in [-0.1, -0.05) is 50.6 Å². The van der Waals surface area contributed by atoms with Gasteiger partial charge >= 0.3 is 6.03 Å². The average molecular weight is 592 g/mol. The predicted octanol–water partition coefficient (Wildman–Crippen LogP) is 7.40. The second kappa shape index (κ2) is 12.3. The summed E-state index contributed by atoms with van der Waals surface area (Å²) in [5.41, 5.74) is 6.33. The van der Waals surface area contributed by atoms with E-state index in [9.17, 15) is 9.59 Å². The minimum absolute atomic E-state index is 0.177. The van der Waals surface area contributed by atoms with E-state index in [0.717, 1.165) is 78.2 Å². The van der Waals surface area contributed by atoms with Crippen LogP contribution >= 0.6 is 0 Å². The van der Waals surface area contributed by atoms with Crippen LogP contribution in [0.15, 0.2) is 76.9 Å².